The molecule has 0 aliphatic carbocycles. The third kappa shape index (κ3) is 2.32. The van der Waals surface area contributed by atoms with Crippen molar-refractivity contribution in [1.29, 1.82) is 0 Å². The van der Waals surface area contributed by atoms with Gasteiger partial charge >= 0.3 is 0 Å². The Morgan fingerprint density at radius 3 is 2.70 bits per heavy atom. The number of nitrogens with two attached hydrogens (primary N) is 1. The van der Waals surface area contributed by atoms with Crippen molar-refractivity contribution in [3.8, 4) is 5.75 Å². The minimum atomic E-state index is 0.565. The Morgan fingerprint density at radius 2 is 1.85 bits per heavy atom. The number of nitrogen functional groups attached to an aromatic ring is 1. The fourth-order valence-corrected chi connectivity index (χ4v) is 2.34. The van der Waals surface area contributed by atoms with E-state index in [1.54, 1.807) is 0 Å². The van der Waals surface area contributed by atoms with Crippen molar-refractivity contribution in [3.05, 3.63) is 54.4 Å². The highest BCUT2D eigenvalue weighted by atomic mass is 16.5. The zero-order valence-corrected chi connectivity index (χ0v) is 11.4. The molecule has 3 aromatic rings. The van der Waals surface area contributed by atoms with Crippen LogP contribution in [0.5, 0.6) is 5.75 Å². The maximum absolute atomic E-state index is 5.86. The smallest absolute Gasteiger partial charge is 0.142 e. The lowest BCUT2D eigenvalue weighted by Gasteiger charge is -2.10. The zero-order valence-electron chi connectivity index (χ0n) is 11.4. The highest BCUT2D eigenvalue weighted by Crippen LogP contribution is 2.20. The van der Waals surface area contributed by atoms with E-state index in [2.05, 4.69) is 15.6 Å². The minimum Gasteiger partial charge on any atom is -0.490 e. The number of aryl methyl sites for hydroxylation is 1. The summed E-state index contributed by atoms with van der Waals surface area (Å²) in [6.07, 6.45) is 0. The topological polar surface area (TPSA) is 53.1 Å². The predicted octanol–water partition coefficient (Wildman–Crippen LogP) is 3.01. The summed E-state index contributed by atoms with van der Waals surface area (Å²) in [7, 11) is 0. The largest absolute Gasteiger partial charge is 0.490 e. The Morgan fingerprint density at radius 1 is 1.10 bits per heavy atom. The normalized spacial score (nSPS) is 10.8. The molecule has 0 aliphatic rings. The first-order valence-corrected chi connectivity index (χ1v) is 6.65. The number of hydrogen-bond donors (Lipinski definition) is 1. The lowest BCUT2D eigenvalue weighted by Crippen LogP contribution is -2.10. The van der Waals surface area contributed by atoms with Gasteiger partial charge in [0.1, 0.15) is 18.2 Å². The van der Waals surface area contributed by atoms with Gasteiger partial charge in [-0.3, -0.25) is 0 Å². The predicted molar refractivity (Wildman–Crippen MR) is 80.8 cm³/mol. The number of anilines is 1. The SMILES string of the molecule is Cc1nc2ccccc2n1CCOc1ccccc1N. The Balaban J connectivity index is 1.74. The van der Waals surface area contributed by atoms with Gasteiger partial charge in [-0.2, -0.15) is 0 Å². The van der Waals surface area contributed by atoms with E-state index in [1.807, 2.05) is 49.4 Å². The molecular formula is C16H17N3O. The van der Waals surface area contributed by atoms with Crippen molar-refractivity contribution < 1.29 is 4.74 Å². The molecular weight excluding hydrogens is 250 g/mol. The molecule has 4 nitrogen and oxygen atoms in total. The van der Waals surface area contributed by atoms with E-state index in [9.17, 15) is 0 Å². The lowest BCUT2D eigenvalue weighted by molar-refractivity contribution is 0.300. The summed E-state index contributed by atoms with van der Waals surface area (Å²) in [4.78, 5) is 4.54. The molecule has 0 atom stereocenters. The van der Waals surface area contributed by atoms with Crippen LogP contribution in [0.25, 0.3) is 11.0 Å². The Bertz CT molecular complexity index is 733. The van der Waals surface area contributed by atoms with Crippen LogP contribution >= 0.6 is 0 Å². The first-order valence-electron chi connectivity index (χ1n) is 6.65. The van der Waals surface area contributed by atoms with E-state index >= 15 is 0 Å². The van der Waals surface area contributed by atoms with Gasteiger partial charge in [0, 0.05) is 0 Å². The number of rotatable bonds is 4. The molecule has 1 heterocycles. The van der Waals surface area contributed by atoms with Gasteiger partial charge in [-0.25, -0.2) is 4.98 Å². The Hall–Kier alpha value is -2.49. The molecule has 2 N–H and O–H groups in total. The monoisotopic (exact) mass is 267 g/mol. The van der Waals surface area contributed by atoms with E-state index in [1.165, 1.54) is 0 Å². The summed E-state index contributed by atoms with van der Waals surface area (Å²) in [5.41, 5.74) is 8.67. The van der Waals surface area contributed by atoms with Crippen molar-refractivity contribution >= 4 is 16.7 Å². The molecule has 0 amide bonds. The molecule has 1 aromatic heterocycles. The Kier molecular flexibility index (Phi) is 3.29. The second kappa shape index (κ2) is 5.25. The second-order valence-corrected chi connectivity index (χ2v) is 4.69. The standard InChI is InChI=1S/C16H17N3O/c1-12-18-14-7-3-4-8-15(14)19(12)10-11-20-16-9-5-2-6-13(16)17/h2-9H,10-11,17H2,1H3. The van der Waals surface area contributed by atoms with Gasteiger partial charge in [-0.05, 0) is 31.2 Å². The number of ether oxygens (including phenoxy) is 1. The van der Waals surface area contributed by atoms with Crippen LogP contribution in [0.4, 0.5) is 5.69 Å². The van der Waals surface area contributed by atoms with Crippen LogP contribution in [0.3, 0.4) is 0 Å². The Labute approximate surface area is 117 Å². The molecule has 102 valence electrons. The number of fused-ring (bicyclic) bond motifs is 1. The van der Waals surface area contributed by atoms with E-state index < -0.39 is 0 Å². The molecule has 0 unspecified atom stereocenters. The van der Waals surface area contributed by atoms with Gasteiger partial charge in [0.2, 0.25) is 0 Å². The number of nitrogens with zero attached hydrogens (tertiary/aromatic N) is 2. The van der Waals surface area contributed by atoms with Crippen LogP contribution in [0.15, 0.2) is 48.5 Å². The molecule has 4 heteroatoms. The summed E-state index contributed by atoms with van der Waals surface area (Å²) in [6.45, 7) is 3.33. The third-order valence-electron chi connectivity index (χ3n) is 3.34. The molecule has 20 heavy (non-hydrogen) atoms. The van der Waals surface area contributed by atoms with E-state index in [0.29, 0.717) is 12.3 Å². The zero-order chi connectivity index (χ0) is 13.9. The molecule has 2 aromatic carbocycles. The molecule has 0 fully saturated rings. The molecule has 3 rings (SSSR count). The van der Waals surface area contributed by atoms with Gasteiger partial charge in [0.05, 0.1) is 23.3 Å². The summed E-state index contributed by atoms with van der Waals surface area (Å²) in [5, 5.41) is 0. The van der Waals surface area contributed by atoms with E-state index in [4.69, 9.17) is 10.5 Å². The van der Waals surface area contributed by atoms with Gasteiger partial charge in [-0.1, -0.05) is 24.3 Å². The first-order chi connectivity index (χ1) is 9.75. The van der Waals surface area contributed by atoms with Crippen LogP contribution in [-0.2, 0) is 6.54 Å². The highest BCUT2D eigenvalue weighted by molar-refractivity contribution is 5.75. The number of aromatic nitrogens is 2. The average Bonchev–Trinajstić information content (AvgIpc) is 2.77. The lowest BCUT2D eigenvalue weighted by atomic mass is 10.3. The van der Waals surface area contributed by atoms with Gasteiger partial charge in [0.15, 0.2) is 0 Å². The number of benzene rings is 2. The van der Waals surface area contributed by atoms with Gasteiger partial charge in [-0.15, -0.1) is 0 Å². The highest BCUT2D eigenvalue weighted by Gasteiger charge is 2.06. The summed E-state index contributed by atoms with van der Waals surface area (Å²) in [5.74, 6) is 1.73. The minimum absolute atomic E-state index is 0.565. The van der Waals surface area contributed by atoms with Crippen molar-refractivity contribution in [2.45, 2.75) is 13.5 Å². The maximum atomic E-state index is 5.86. The average molecular weight is 267 g/mol. The first kappa shape index (κ1) is 12.5. The molecule has 0 saturated heterocycles. The fraction of sp³-hybridized carbons (Fsp3) is 0.188. The van der Waals surface area contributed by atoms with Crippen LogP contribution in [-0.4, -0.2) is 16.2 Å². The molecule has 0 saturated carbocycles. The summed E-state index contributed by atoms with van der Waals surface area (Å²) in [6, 6.07) is 15.7. The van der Waals surface area contributed by atoms with E-state index in [-0.39, 0.29) is 0 Å². The number of para-hydroxylation sites is 4. The summed E-state index contributed by atoms with van der Waals surface area (Å²) >= 11 is 0. The van der Waals surface area contributed by atoms with Gasteiger partial charge in [0.25, 0.3) is 0 Å². The molecule has 0 bridgehead atoms. The summed E-state index contributed by atoms with van der Waals surface area (Å²) < 4.78 is 7.90. The fourth-order valence-electron chi connectivity index (χ4n) is 2.34. The quantitative estimate of drug-likeness (QED) is 0.739. The number of hydrogen-bond acceptors (Lipinski definition) is 3. The van der Waals surface area contributed by atoms with Gasteiger partial charge < -0.3 is 15.0 Å². The second-order valence-electron chi connectivity index (χ2n) is 4.69. The van der Waals surface area contributed by atoms with Crippen molar-refractivity contribution in [2.75, 3.05) is 12.3 Å². The molecule has 0 spiro atoms. The molecule has 0 radical (unpaired) electrons. The van der Waals surface area contributed by atoms with Crippen molar-refractivity contribution in [2.24, 2.45) is 0 Å². The number of imidazole rings is 1. The maximum Gasteiger partial charge on any atom is 0.142 e. The van der Waals surface area contributed by atoms with Crippen LogP contribution in [0.1, 0.15) is 5.82 Å². The third-order valence-corrected chi connectivity index (χ3v) is 3.34. The van der Waals surface area contributed by atoms with Crippen molar-refractivity contribution in [3.63, 3.8) is 0 Å². The molecule has 0 aliphatic heterocycles. The van der Waals surface area contributed by atoms with E-state index in [0.717, 1.165) is 29.2 Å². The van der Waals surface area contributed by atoms with Crippen molar-refractivity contribution in [1.82, 2.24) is 9.55 Å². The van der Waals surface area contributed by atoms with Crippen LogP contribution in [0.2, 0.25) is 0 Å². The van der Waals surface area contributed by atoms with Crippen LogP contribution in [0, 0.1) is 6.92 Å². The van der Waals surface area contributed by atoms with Crippen LogP contribution < -0.4 is 10.5 Å².